The first-order chi connectivity index (χ1) is 9.29. The van der Waals surface area contributed by atoms with Crippen LogP contribution in [-0.4, -0.2) is 12.8 Å². The standard InChI is InChI=1S/C16H17NO2/c1-13(15-8-10-16(18-2)11-9-15)17-19-12-14-6-4-3-5-7-14/h3-11H,12H2,1-2H3/b17-13+. The molecule has 0 heterocycles. The van der Waals surface area contributed by atoms with Crippen LogP contribution in [0.3, 0.4) is 0 Å². The van der Waals surface area contributed by atoms with Gasteiger partial charge in [-0.15, -0.1) is 0 Å². The van der Waals surface area contributed by atoms with E-state index in [-0.39, 0.29) is 0 Å². The van der Waals surface area contributed by atoms with E-state index in [1.165, 1.54) is 0 Å². The second-order valence-corrected chi connectivity index (χ2v) is 4.16. The lowest BCUT2D eigenvalue weighted by atomic mass is 10.1. The maximum absolute atomic E-state index is 5.35. The number of hydrogen-bond acceptors (Lipinski definition) is 3. The van der Waals surface area contributed by atoms with Gasteiger partial charge in [-0.1, -0.05) is 35.5 Å². The molecule has 0 saturated heterocycles. The molecule has 0 saturated carbocycles. The fraction of sp³-hybridized carbons (Fsp3) is 0.188. The average molecular weight is 255 g/mol. The number of nitrogens with zero attached hydrogens (tertiary/aromatic N) is 1. The third-order valence-electron chi connectivity index (χ3n) is 2.78. The molecule has 0 unspecified atom stereocenters. The van der Waals surface area contributed by atoms with Crippen LogP contribution in [0.5, 0.6) is 5.75 Å². The van der Waals surface area contributed by atoms with Crippen molar-refractivity contribution in [1.29, 1.82) is 0 Å². The van der Waals surface area contributed by atoms with Crippen molar-refractivity contribution < 1.29 is 9.57 Å². The van der Waals surface area contributed by atoms with Crippen molar-refractivity contribution in [3.8, 4) is 5.75 Å². The van der Waals surface area contributed by atoms with Crippen LogP contribution >= 0.6 is 0 Å². The van der Waals surface area contributed by atoms with Crippen LogP contribution < -0.4 is 4.74 Å². The number of ether oxygens (including phenoxy) is 1. The zero-order chi connectivity index (χ0) is 13.5. The van der Waals surface area contributed by atoms with Gasteiger partial charge in [0.15, 0.2) is 0 Å². The monoisotopic (exact) mass is 255 g/mol. The Balaban J connectivity index is 1.94. The van der Waals surface area contributed by atoms with Gasteiger partial charge in [0.25, 0.3) is 0 Å². The van der Waals surface area contributed by atoms with Crippen molar-refractivity contribution in [1.82, 2.24) is 0 Å². The molecule has 98 valence electrons. The summed E-state index contributed by atoms with van der Waals surface area (Å²) in [4.78, 5) is 5.35. The highest BCUT2D eigenvalue weighted by molar-refractivity contribution is 5.98. The number of methoxy groups -OCH3 is 1. The Kier molecular flexibility index (Phi) is 4.56. The number of rotatable bonds is 5. The van der Waals surface area contributed by atoms with Gasteiger partial charge in [0.1, 0.15) is 12.4 Å². The zero-order valence-electron chi connectivity index (χ0n) is 11.2. The minimum atomic E-state index is 0.480. The summed E-state index contributed by atoms with van der Waals surface area (Å²) in [6, 6.07) is 17.7. The van der Waals surface area contributed by atoms with Gasteiger partial charge in [-0.3, -0.25) is 0 Å². The molecule has 0 fully saturated rings. The van der Waals surface area contributed by atoms with Gasteiger partial charge < -0.3 is 9.57 Å². The van der Waals surface area contributed by atoms with Gasteiger partial charge in [0.05, 0.1) is 12.8 Å². The SMILES string of the molecule is COc1ccc(/C(C)=N/OCc2ccccc2)cc1. The molecule has 2 aromatic carbocycles. The van der Waals surface area contributed by atoms with Crippen molar-refractivity contribution in [2.75, 3.05) is 7.11 Å². The zero-order valence-corrected chi connectivity index (χ0v) is 11.2. The lowest BCUT2D eigenvalue weighted by molar-refractivity contribution is 0.130. The molecule has 3 heteroatoms. The molecular formula is C16H17NO2. The minimum Gasteiger partial charge on any atom is -0.497 e. The molecule has 0 spiro atoms. The Bertz CT molecular complexity index is 532. The van der Waals surface area contributed by atoms with Crippen LogP contribution in [0.2, 0.25) is 0 Å². The molecule has 0 aromatic heterocycles. The van der Waals surface area contributed by atoms with Gasteiger partial charge in [-0.2, -0.15) is 0 Å². The summed E-state index contributed by atoms with van der Waals surface area (Å²) in [7, 11) is 1.65. The van der Waals surface area contributed by atoms with Crippen LogP contribution in [0.4, 0.5) is 0 Å². The Labute approximate surface area is 113 Å². The average Bonchev–Trinajstić information content (AvgIpc) is 2.48. The van der Waals surface area contributed by atoms with Crippen LogP contribution in [-0.2, 0) is 11.4 Å². The number of benzene rings is 2. The maximum atomic E-state index is 5.35. The van der Waals surface area contributed by atoms with E-state index in [0.717, 1.165) is 22.6 Å². The van der Waals surface area contributed by atoms with Crippen LogP contribution in [0.15, 0.2) is 59.8 Å². The molecule has 3 nitrogen and oxygen atoms in total. The fourth-order valence-corrected chi connectivity index (χ4v) is 1.66. The van der Waals surface area contributed by atoms with E-state index in [2.05, 4.69) is 5.16 Å². The molecule has 0 aliphatic heterocycles. The largest absolute Gasteiger partial charge is 0.497 e. The van der Waals surface area contributed by atoms with Crippen LogP contribution in [0, 0.1) is 0 Å². The van der Waals surface area contributed by atoms with Gasteiger partial charge in [0.2, 0.25) is 0 Å². The van der Waals surface area contributed by atoms with Gasteiger partial charge in [-0.25, -0.2) is 0 Å². The minimum absolute atomic E-state index is 0.480. The van der Waals surface area contributed by atoms with E-state index in [1.807, 2.05) is 61.5 Å². The van der Waals surface area contributed by atoms with Gasteiger partial charge in [-0.05, 0) is 42.3 Å². The molecule has 0 atom stereocenters. The molecule has 19 heavy (non-hydrogen) atoms. The summed E-state index contributed by atoms with van der Waals surface area (Å²) < 4.78 is 5.12. The van der Waals surface area contributed by atoms with E-state index in [1.54, 1.807) is 7.11 Å². The Morgan fingerprint density at radius 1 is 1.00 bits per heavy atom. The molecule has 0 amide bonds. The first-order valence-corrected chi connectivity index (χ1v) is 6.14. The molecule has 0 N–H and O–H groups in total. The van der Waals surface area contributed by atoms with Crippen molar-refractivity contribution in [3.63, 3.8) is 0 Å². The van der Waals surface area contributed by atoms with Crippen LogP contribution in [0.1, 0.15) is 18.1 Å². The van der Waals surface area contributed by atoms with Crippen molar-refractivity contribution in [2.45, 2.75) is 13.5 Å². The maximum Gasteiger partial charge on any atom is 0.142 e. The van der Waals surface area contributed by atoms with E-state index in [9.17, 15) is 0 Å². The molecule has 2 rings (SSSR count). The summed E-state index contributed by atoms with van der Waals surface area (Å²) in [5.41, 5.74) is 2.97. The molecule has 0 bridgehead atoms. The number of oxime groups is 1. The Hall–Kier alpha value is -2.29. The second-order valence-electron chi connectivity index (χ2n) is 4.16. The van der Waals surface area contributed by atoms with E-state index in [4.69, 9.17) is 9.57 Å². The first-order valence-electron chi connectivity index (χ1n) is 6.14. The van der Waals surface area contributed by atoms with Crippen molar-refractivity contribution >= 4 is 5.71 Å². The van der Waals surface area contributed by atoms with E-state index in [0.29, 0.717) is 6.61 Å². The summed E-state index contributed by atoms with van der Waals surface area (Å²) in [5, 5.41) is 4.12. The lowest BCUT2D eigenvalue weighted by Crippen LogP contribution is -1.97. The smallest absolute Gasteiger partial charge is 0.142 e. The quantitative estimate of drug-likeness (QED) is 0.603. The molecule has 0 radical (unpaired) electrons. The summed E-state index contributed by atoms with van der Waals surface area (Å²) in [6.07, 6.45) is 0. The Morgan fingerprint density at radius 3 is 2.32 bits per heavy atom. The van der Waals surface area contributed by atoms with Crippen molar-refractivity contribution in [2.24, 2.45) is 5.16 Å². The molecule has 2 aromatic rings. The molecular weight excluding hydrogens is 238 g/mol. The van der Waals surface area contributed by atoms with E-state index >= 15 is 0 Å². The van der Waals surface area contributed by atoms with Crippen molar-refractivity contribution in [3.05, 3.63) is 65.7 Å². The lowest BCUT2D eigenvalue weighted by Gasteiger charge is -2.04. The normalized spacial score (nSPS) is 11.2. The highest BCUT2D eigenvalue weighted by atomic mass is 16.6. The second kappa shape index (κ2) is 6.59. The highest BCUT2D eigenvalue weighted by Gasteiger charge is 1.99. The Morgan fingerprint density at radius 2 is 1.68 bits per heavy atom. The summed E-state index contributed by atoms with van der Waals surface area (Å²) >= 11 is 0. The molecule has 0 aliphatic rings. The third kappa shape index (κ3) is 3.85. The predicted molar refractivity (Wildman–Crippen MR) is 76.4 cm³/mol. The highest BCUT2D eigenvalue weighted by Crippen LogP contribution is 2.12. The topological polar surface area (TPSA) is 30.8 Å². The summed E-state index contributed by atoms with van der Waals surface area (Å²) in [5.74, 6) is 0.835. The van der Waals surface area contributed by atoms with Gasteiger partial charge >= 0.3 is 0 Å². The number of hydrogen-bond donors (Lipinski definition) is 0. The predicted octanol–water partition coefficient (Wildman–Crippen LogP) is 3.64. The summed E-state index contributed by atoms with van der Waals surface area (Å²) in [6.45, 7) is 2.40. The first kappa shape index (κ1) is 13.1. The third-order valence-corrected chi connectivity index (χ3v) is 2.78. The van der Waals surface area contributed by atoms with E-state index < -0.39 is 0 Å². The molecule has 0 aliphatic carbocycles. The van der Waals surface area contributed by atoms with Crippen LogP contribution in [0.25, 0.3) is 0 Å². The van der Waals surface area contributed by atoms with Gasteiger partial charge in [0, 0.05) is 0 Å². The fourth-order valence-electron chi connectivity index (χ4n) is 1.66.